The van der Waals surface area contributed by atoms with Crippen LogP contribution in [0.3, 0.4) is 0 Å². The van der Waals surface area contributed by atoms with Gasteiger partial charge in [0.05, 0.1) is 0 Å². The maximum atomic E-state index is 11.1. The van der Waals surface area contributed by atoms with E-state index in [4.69, 9.17) is 9.84 Å². The molecule has 0 spiro atoms. The summed E-state index contributed by atoms with van der Waals surface area (Å²) in [6, 6.07) is 0. The number of aliphatic hydroxyl groups excluding tert-OH is 1. The first kappa shape index (κ1) is 11.3. The van der Waals surface area contributed by atoms with Gasteiger partial charge in [-0.3, -0.25) is 0 Å². The summed E-state index contributed by atoms with van der Waals surface area (Å²) < 4.78 is 5.16. The third-order valence-corrected chi connectivity index (χ3v) is 2.50. The summed E-state index contributed by atoms with van der Waals surface area (Å²) in [4.78, 5) is 11.1. The minimum atomic E-state index is -1.19. The third-order valence-electron chi connectivity index (χ3n) is 2.50. The zero-order chi connectivity index (χ0) is 12.3. The summed E-state index contributed by atoms with van der Waals surface area (Å²) in [6.07, 6.45) is 13.4. The second-order valence-corrected chi connectivity index (χ2v) is 3.67. The van der Waals surface area contributed by atoms with E-state index in [0.29, 0.717) is 0 Å². The molecule has 2 rings (SSSR count). The minimum Gasteiger partial charge on any atom is -0.481 e. The molecule has 2 N–H and O–H groups in total. The quantitative estimate of drug-likeness (QED) is 0.575. The fraction of sp³-hybridized carbons (Fsp3) is 0.154. The number of aliphatic carboxylic acids is 1. The Morgan fingerprint density at radius 1 is 0.941 bits per heavy atom. The second-order valence-electron chi connectivity index (χ2n) is 3.67. The van der Waals surface area contributed by atoms with Gasteiger partial charge in [0, 0.05) is 5.92 Å². The molecule has 0 aliphatic heterocycles. The molecule has 4 heteroatoms. The molecule has 0 saturated heterocycles. The molecule has 0 aromatic carbocycles. The first-order valence-electron chi connectivity index (χ1n) is 5.21. The molecule has 4 nitrogen and oxygen atoms in total. The van der Waals surface area contributed by atoms with Crippen LogP contribution in [0.25, 0.3) is 0 Å². The summed E-state index contributed by atoms with van der Waals surface area (Å²) in [5.41, 5.74) is -0.149. The molecule has 0 aromatic rings. The molecule has 17 heavy (non-hydrogen) atoms. The monoisotopic (exact) mass is 232 g/mol. The van der Waals surface area contributed by atoms with Gasteiger partial charge in [-0.15, -0.1) is 0 Å². The highest BCUT2D eigenvalue weighted by atomic mass is 16.6. The molecule has 0 amide bonds. The van der Waals surface area contributed by atoms with E-state index in [0.717, 1.165) is 0 Å². The lowest BCUT2D eigenvalue weighted by Crippen LogP contribution is -2.15. The average molecular weight is 232 g/mol. The van der Waals surface area contributed by atoms with E-state index >= 15 is 0 Å². The molecule has 0 radical (unpaired) electrons. The molecule has 0 fully saturated rings. The summed E-state index contributed by atoms with van der Waals surface area (Å²) in [5.74, 6) is -2.17. The summed E-state index contributed by atoms with van der Waals surface area (Å²) >= 11 is 0. The fourth-order valence-electron chi connectivity index (χ4n) is 1.68. The maximum Gasteiger partial charge on any atom is 0.339 e. The number of carbonyl (C=O) groups is 1. The predicted molar refractivity (Wildman–Crippen MR) is 62.2 cm³/mol. The predicted octanol–water partition coefficient (Wildman–Crippen LogP) is 2.09. The van der Waals surface area contributed by atoms with Crippen LogP contribution >= 0.6 is 0 Å². The molecule has 0 saturated carbocycles. The lowest BCUT2D eigenvalue weighted by Gasteiger charge is -2.13. The highest BCUT2D eigenvalue weighted by Crippen LogP contribution is 2.23. The van der Waals surface area contributed by atoms with Crippen molar-refractivity contribution in [2.24, 2.45) is 5.92 Å². The van der Waals surface area contributed by atoms with E-state index in [1.165, 1.54) is 0 Å². The van der Waals surface area contributed by atoms with Gasteiger partial charge >= 0.3 is 5.97 Å². The Morgan fingerprint density at radius 3 is 2.00 bits per heavy atom. The summed E-state index contributed by atoms with van der Waals surface area (Å²) in [5, 5.41) is 18.8. The largest absolute Gasteiger partial charge is 0.481 e. The lowest BCUT2D eigenvalue weighted by molar-refractivity contribution is -0.133. The Balaban J connectivity index is 2.20. The zero-order valence-electron chi connectivity index (χ0n) is 8.98. The molecule has 0 heterocycles. The smallest absolute Gasteiger partial charge is 0.339 e. The number of rotatable bonds is 4. The Labute approximate surface area is 98.5 Å². The molecule has 0 unspecified atom stereocenters. The maximum absolute atomic E-state index is 11.1. The van der Waals surface area contributed by atoms with Crippen LogP contribution in [0.4, 0.5) is 0 Å². The van der Waals surface area contributed by atoms with Gasteiger partial charge in [-0.2, -0.15) is 0 Å². The Bertz CT molecular complexity index is 442. The molecule has 2 aliphatic rings. The van der Waals surface area contributed by atoms with E-state index in [1.807, 2.05) is 0 Å². The first-order chi connectivity index (χ1) is 8.18. The van der Waals surface area contributed by atoms with Crippen molar-refractivity contribution in [3.8, 4) is 0 Å². The van der Waals surface area contributed by atoms with E-state index in [2.05, 4.69) is 0 Å². The fourth-order valence-corrected chi connectivity index (χ4v) is 1.68. The zero-order valence-corrected chi connectivity index (χ0v) is 8.98. The van der Waals surface area contributed by atoms with Gasteiger partial charge < -0.3 is 14.9 Å². The van der Waals surface area contributed by atoms with Gasteiger partial charge in [-0.05, 0) is 12.2 Å². The summed E-state index contributed by atoms with van der Waals surface area (Å²) in [6.45, 7) is 0. The van der Waals surface area contributed by atoms with Crippen molar-refractivity contribution in [3.63, 3.8) is 0 Å². The van der Waals surface area contributed by atoms with Crippen LogP contribution in [0, 0.1) is 5.92 Å². The van der Waals surface area contributed by atoms with Crippen LogP contribution in [0.2, 0.25) is 0 Å². The van der Waals surface area contributed by atoms with Gasteiger partial charge in [-0.1, -0.05) is 36.5 Å². The Kier molecular flexibility index (Phi) is 3.14. The topological polar surface area (TPSA) is 66.8 Å². The molecule has 88 valence electrons. The van der Waals surface area contributed by atoms with E-state index in [-0.39, 0.29) is 5.57 Å². The lowest BCUT2D eigenvalue weighted by atomic mass is 10.0. The number of carboxylic acid groups (broad SMARTS) is 1. The van der Waals surface area contributed by atoms with E-state index in [9.17, 15) is 9.90 Å². The number of allylic oxidation sites excluding steroid dienone is 6. The molecule has 2 aliphatic carbocycles. The van der Waals surface area contributed by atoms with E-state index in [1.54, 1.807) is 48.6 Å². The van der Waals surface area contributed by atoms with Gasteiger partial charge in [0.25, 0.3) is 5.95 Å². The van der Waals surface area contributed by atoms with Gasteiger partial charge in [0.2, 0.25) is 0 Å². The van der Waals surface area contributed by atoms with Crippen molar-refractivity contribution in [1.29, 1.82) is 0 Å². The van der Waals surface area contributed by atoms with Crippen LogP contribution in [0.5, 0.6) is 0 Å². The average Bonchev–Trinajstić information content (AvgIpc) is 2.89. The number of ether oxygens (including phenoxy) is 1. The van der Waals surface area contributed by atoms with Gasteiger partial charge in [-0.25, -0.2) is 4.79 Å². The van der Waals surface area contributed by atoms with Gasteiger partial charge in [0.1, 0.15) is 11.7 Å². The standard InChI is InChI=1S/C13H12O4/c14-12(15)11(9-5-1-2-6-9)13(16)17-10-7-3-4-8-10/h1-10,16H,(H,14,15). The van der Waals surface area contributed by atoms with Crippen molar-refractivity contribution in [2.45, 2.75) is 6.10 Å². The number of hydrogen-bond donors (Lipinski definition) is 2. The van der Waals surface area contributed by atoms with Crippen LogP contribution < -0.4 is 0 Å². The molecular formula is C13H12O4. The van der Waals surface area contributed by atoms with Crippen LogP contribution in [-0.4, -0.2) is 22.3 Å². The van der Waals surface area contributed by atoms with Gasteiger partial charge in [0.15, 0.2) is 0 Å². The normalized spacial score (nSPS) is 20.0. The Hall–Kier alpha value is -2.23. The molecular weight excluding hydrogens is 220 g/mol. The number of carboxylic acids is 1. The highest BCUT2D eigenvalue weighted by Gasteiger charge is 2.25. The van der Waals surface area contributed by atoms with Crippen LogP contribution in [0.15, 0.2) is 60.1 Å². The second kappa shape index (κ2) is 4.74. The number of hydrogen-bond acceptors (Lipinski definition) is 3. The highest BCUT2D eigenvalue weighted by molar-refractivity contribution is 5.88. The van der Waals surface area contributed by atoms with Crippen molar-refractivity contribution < 1.29 is 19.7 Å². The first-order valence-corrected chi connectivity index (χ1v) is 5.21. The SMILES string of the molecule is O=C(O)C(=C(O)OC1C=CC=C1)C1C=CC=C1. The van der Waals surface area contributed by atoms with Crippen LogP contribution in [0.1, 0.15) is 0 Å². The minimum absolute atomic E-state index is 0.149. The molecule has 0 aromatic heterocycles. The van der Waals surface area contributed by atoms with Crippen LogP contribution in [-0.2, 0) is 9.53 Å². The van der Waals surface area contributed by atoms with Crippen molar-refractivity contribution in [2.75, 3.05) is 0 Å². The molecule has 0 atom stereocenters. The van der Waals surface area contributed by atoms with Crippen molar-refractivity contribution in [3.05, 3.63) is 60.1 Å². The number of aliphatic hydroxyl groups is 1. The van der Waals surface area contributed by atoms with Crippen molar-refractivity contribution >= 4 is 5.97 Å². The molecule has 0 bridgehead atoms. The summed E-state index contributed by atoms with van der Waals surface area (Å²) in [7, 11) is 0. The van der Waals surface area contributed by atoms with Crippen molar-refractivity contribution in [1.82, 2.24) is 0 Å². The Morgan fingerprint density at radius 2 is 1.47 bits per heavy atom. The van der Waals surface area contributed by atoms with E-state index < -0.39 is 23.9 Å². The third kappa shape index (κ3) is 2.47.